The van der Waals surface area contributed by atoms with E-state index in [0.717, 1.165) is 16.0 Å². The first-order valence-electron chi connectivity index (χ1n) is 6.91. The van der Waals surface area contributed by atoms with Crippen LogP contribution in [0.3, 0.4) is 0 Å². The molecular formula is C15H22BrClN2. The van der Waals surface area contributed by atoms with Gasteiger partial charge in [0, 0.05) is 28.1 Å². The zero-order valence-electron chi connectivity index (χ0n) is 11.6. The van der Waals surface area contributed by atoms with Gasteiger partial charge in [-0.1, -0.05) is 33.6 Å². The van der Waals surface area contributed by atoms with Crippen LogP contribution in [0.5, 0.6) is 0 Å². The highest BCUT2D eigenvalue weighted by molar-refractivity contribution is 9.10. The van der Waals surface area contributed by atoms with E-state index in [1.54, 1.807) is 0 Å². The predicted octanol–water partition coefficient (Wildman–Crippen LogP) is 4.06. The summed E-state index contributed by atoms with van der Waals surface area (Å²) in [6, 6.07) is 7.47. The monoisotopic (exact) mass is 344 g/mol. The number of nitrogens with zero attached hydrogens (tertiary/aromatic N) is 1. The Hall–Kier alpha value is -0.0900. The molecule has 106 valence electrons. The van der Waals surface area contributed by atoms with Crippen LogP contribution in [0, 0.1) is 0 Å². The van der Waals surface area contributed by atoms with Crippen LogP contribution < -0.4 is 5.32 Å². The molecule has 1 saturated carbocycles. The number of benzene rings is 1. The summed E-state index contributed by atoms with van der Waals surface area (Å²) in [6.45, 7) is 0.979. The molecule has 1 aromatic rings. The van der Waals surface area contributed by atoms with Gasteiger partial charge in [0.1, 0.15) is 0 Å². The smallest absolute Gasteiger partial charge is 0.0417 e. The molecule has 1 N–H and O–H groups in total. The van der Waals surface area contributed by atoms with E-state index in [-0.39, 0.29) is 0 Å². The van der Waals surface area contributed by atoms with Crippen LogP contribution in [-0.2, 0) is 6.54 Å². The molecule has 1 aliphatic rings. The third kappa shape index (κ3) is 4.19. The van der Waals surface area contributed by atoms with E-state index >= 15 is 0 Å². The van der Waals surface area contributed by atoms with Crippen molar-refractivity contribution in [3.63, 3.8) is 0 Å². The van der Waals surface area contributed by atoms with Gasteiger partial charge in [0.15, 0.2) is 0 Å². The molecule has 19 heavy (non-hydrogen) atoms. The minimum Gasteiger partial charge on any atom is -0.317 e. The van der Waals surface area contributed by atoms with Gasteiger partial charge in [-0.2, -0.15) is 0 Å². The van der Waals surface area contributed by atoms with Crippen LogP contribution in [-0.4, -0.2) is 31.1 Å². The first-order valence-corrected chi connectivity index (χ1v) is 8.08. The van der Waals surface area contributed by atoms with Crippen molar-refractivity contribution in [1.29, 1.82) is 0 Å². The first-order chi connectivity index (χ1) is 9.10. The third-order valence-corrected chi connectivity index (χ3v) is 5.14. The van der Waals surface area contributed by atoms with Crippen molar-refractivity contribution >= 4 is 27.5 Å². The molecule has 1 fully saturated rings. The third-order valence-electron chi connectivity index (χ3n) is 4.16. The van der Waals surface area contributed by atoms with Crippen LogP contribution in [0.4, 0.5) is 0 Å². The normalized spacial score (nSPS) is 23.8. The van der Waals surface area contributed by atoms with Crippen molar-refractivity contribution in [2.45, 2.75) is 44.3 Å². The summed E-state index contributed by atoms with van der Waals surface area (Å²) >= 11 is 9.58. The molecule has 1 aromatic carbocycles. The molecule has 0 spiro atoms. The predicted molar refractivity (Wildman–Crippen MR) is 85.7 cm³/mol. The van der Waals surface area contributed by atoms with Gasteiger partial charge in [-0.3, -0.25) is 4.90 Å². The van der Waals surface area contributed by atoms with E-state index < -0.39 is 0 Å². The Morgan fingerprint density at radius 2 is 2.00 bits per heavy atom. The van der Waals surface area contributed by atoms with Gasteiger partial charge >= 0.3 is 0 Å². The number of hydrogen-bond acceptors (Lipinski definition) is 2. The summed E-state index contributed by atoms with van der Waals surface area (Å²) in [5.41, 5.74) is 1.31. The molecule has 0 heterocycles. The number of rotatable bonds is 4. The fourth-order valence-electron chi connectivity index (χ4n) is 2.85. The molecule has 0 aliphatic heterocycles. The zero-order valence-corrected chi connectivity index (χ0v) is 14.0. The lowest BCUT2D eigenvalue weighted by molar-refractivity contribution is 0.169. The van der Waals surface area contributed by atoms with Gasteiger partial charge in [0.25, 0.3) is 0 Å². The van der Waals surface area contributed by atoms with E-state index in [2.05, 4.69) is 46.3 Å². The Kier molecular flexibility index (Phi) is 5.70. The molecule has 0 atom stereocenters. The number of hydrogen-bond donors (Lipinski definition) is 1. The summed E-state index contributed by atoms with van der Waals surface area (Å²) in [6.07, 6.45) is 5.14. The Balaban J connectivity index is 1.92. The lowest BCUT2D eigenvalue weighted by Gasteiger charge is -2.34. The largest absolute Gasteiger partial charge is 0.317 e. The SMILES string of the molecule is CNC1CCC(N(C)Cc2ccc(Cl)cc2Br)CC1. The van der Waals surface area contributed by atoms with E-state index in [4.69, 9.17) is 11.6 Å². The summed E-state index contributed by atoms with van der Waals surface area (Å²) in [5, 5.41) is 4.17. The summed E-state index contributed by atoms with van der Waals surface area (Å²) in [5.74, 6) is 0. The summed E-state index contributed by atoms with van der Waals surface area (Å²) in [4.78, 5) is 2.47. The Morgan fingerprint density at radius 3 is 2.58 bits per heavy atom. The van der Waals surface area contributed by atoms with Crippen molar-refractivity contribution in [3.05, 3.63) is 33.3 Å². The average molecular weight is 346 g/mol. The highest BCUT2D eigenvalue weighted by Gasteiger charge is 2.23. The molecular weight excluding hydrogens is 324 g/mol. The highest BCUT2D eigenvalue weighted by Crippen LogP contribution is 2.26. The number of halogens is 2. The van der Waals surface area contributed by atoms with Gasteiger partial charge in [-0.25, -0.2) is 0 Å². The van der Waals surface area contributed by atoms with Crippen LogP contribution in [0.2, 0.25) is 5.02 Å². The fraction of sp³-hybridized carbons (Fsp3) is 0.600. The average Bonchev–Trinajstić information content (AvgIpc) is 2.42. The summed E-state index contributed by atoms with van der Waals surface area (Å²) < 4.78 is 1.11. The quantitative estimate of drug-likeness (QED) is 0.885. The Labute approximate surface area is 129 Å². The van der Waals surface area contributed by atoms with Crippen LogP contribution in [0.1, 0.15) is 31.2 Å². The molecule has 0 amide bonds. The van der Waals surface area contributed by atoms with Crippen molar-refractivity contribution < 1.29 is 0 Å². The van der Waals surface area contributed by atoms with Gasteiger partial charge in [0.05, 0.1) is 0 Å². The Morgan fingerprint density at radius 1 is 1.32 bits per heavy atom. The fourth-order valence-corrected chi connectivity index (χ4v) is 3.66. The standard InChI is InChI=1S/C15H22BrClN2/c1-18-13-5-7-14(8-6-13)19(2)10-11-3-4-12(17)9-15(11)16/h3-4,9,13-14,18H,5-8,10H2,1-2H3. The molecule has 0 radical (unpaired) electrons. The molecule has 2 nitrogen and oxygen atoms in total. The summed E-state index contributed by atoms with van der Waals surface area (Å²) in [7, 11) is 4.30. The van der Waals surface area contributed by atoms with E-state index in [0.29, 0.717) is 12.1 Å². The van der Waals surface area contributed by atoms with Crippen molar-refractivity contribution in [3.8, 4) is 0 Å². The maximum absolute atomic E-state index is 5.98. The topological polar surface area (TPSA) is 15.3 Å². The molecule has 4 heteroatoms. The van der Waals surface area contributed by atoms with Crippen molar-refractivity contribution in [2.24, 2.45) is 0 Å². The van der Waals surface area contributed by atoms with Gasteiger partial charge in [-0.15, -0.1) is 0 Å². The van der Waals surface area contributed by atoms with Crippen LogP contribution in [0.25, 0.3) is 0 Å². The van der Waals surface area contributed by atoms with Gasteiger partial charge < -0.3 is 5.32 Å². The first kappa shape index (κ1) is 15.3. The van der Waals surface area contributed by atoms with Crippen LogP contribution >= 0.6 is 27.5 Å². The van der Waals surface area contributed by atoms with E-state index in [1.165, 1.54) is 31.2 Å². The second-order valence-corrected chi connectivity index (χ2v) is 6.74. The lowest BCUT2D eigenvalue weighted by atomic mass is 9.90. The highest BCUT2D eigenvalue weighted by atomic mass is 79.9. The molecule has 1 aliphatic carbocycles. The minimum absolute atomic E-state index is 0.701. The second kappa shape index (κ2) is 7.07. The molecule has 0 bridgehead atoms. The zero-order chi connectivity index (χ0) is 13.8. The maximum atomic E-state index is 5.98. The molecule has 0 unspecified atom stereocenters. The van der Waals surface area contributed by atoms with Gasteiger partial charge in [-0.05, 0) is 57.5 Å². The van der Waals surface area contributed by atoms with E-state index in [1.807, 2.05) is 12.1 Å². The van der Waals surface area contributed by atoms with Crippen molar-refractivity contribution in [1.82, 2.24) is 10.2 Å². The van der Waals surface area contributed by atoms with Crippen molar-refractivity contribution in [2.75, 3.05) is 14.1 Å². The second-order valence-electron chi connectivity index (χ2n) is 5.44. The maximum Gasteiger partial charge on any atom is 0.0417 e. The molecule has 2 rings (SSSR count). The number of nitrogens with one attached hydrogen (secondary N) is 1. The van der Waals surface area contributed by atoms with Crippen LogP contribution in [0.15, 0.2) is 22.7 Å². The molecule has 0 aromatic heterocycles. The molecule has 0 saturated heterocycles. The van der Waals surface area contributed by atoms with E-state index in [9.17, 15) is 0 Å². The lowest BCUT2D eigenvalue weighted by Crippen LogP contribution is -2.39. The Bertz CT molecular complexity index is 417. The van der Waals surface area contributed by atoms with Gasteiger partial charge in [0.2, 0.25) is 0 Å². The minimum atomic E-state index is 0.701.